The number of hydrogen-bond acceptors (Lipinski definition) is 4. The van der Waals surface area contributed by atoms with E-state index in [1.54, 1.807) is 0 Å². The lowest BCUT2D eigenvalue weighted by atomic mass is 10.0. The number of guanidine groups is 1. The largest absolute Gasteiger partial charge is 0.491 e. The number of aliphatic hydroxyl groups is 1. The molecule has 6 nitrogen and oxygen atoms in total. The smallest absolute Gasteiger partial charge is 0.191 e. The van der Waals surface area contributed by atoms with E-state index < -0.39 is 6.10 Å². The van der Waals surface area contributed by atoms with Gasteiger partial charge < -0.3 is 25.2 Å². The summed E-state index contributed by atoms with van der Waals surface area (Å²) in [5.41, 5.74) is 0. The van der Waals surface area contributed by atoms with Gasteiger partial charge in [-0.3, -0.25) is 4.99 Å². The van der Waals surface area contributed by atoms with E-state index in [9.17, 15) is 9.50 Å². The second-order valence-electron chi connectivity index (χ2n) is 6.59. The van der Waals surface area contributed by atoms with E-state index in [0.717, 1.165) is 19.5 Å². The number of hydrogen-bond donors (Lipinski definition) is 3. The molecular formula is C20H35FIN3O3. The summed E-state index contributed by atoms with van der Waals surface area (Å²) < 4.78 is 24.0. The molecule has 2 atom stereocenters. The van der Waals surface area contributed by atoms with Crippen molar-refractivity contribution in [2.24, 2.45) is 10.9 Å². The summed E-state index contributed by atoms with van der Waals surface area (Å²) in [7, 11) is 0. The molecule has 28 heavy (non-hydrogen) atoms. The summed E-state index contributed by atoms with van der Waals surface area (Å²) in [5.74, 6) is 1.30. The molecule has 0 spiro atoms. The molecule has 0 saturated carbocycles. The highest BCUT2D eigenvalue weighted by Gasteiger charge is 2.13. The first-order valence-corrected chi connectivity index (χ1v) is 9.66. The number of nitrogens with zero attached hydrogens (tertiary/aromatic N) is 1. The van der Waals surface area contributed by atoms with E-state index in [1.165, 1.54) is 24.3 Å². The summed E-state index contributed by atoms with van der Waals surface area (Å²) in [6.07, 6.45) is 0.337. The van der Waals surface area contributed by atoms with Crippen molar-refractivity contribution in [3.8, 4) is 5.75 Å². The highest BCUT2D eigenvalue weighted by atomic mass is 127. The van der Waals surface area contributed by atoms with Crippen molar-refractivity contribution in [2.45, 2.75) is 46.3 Å². The van der Waals surface area contributed by atoms with Crippen LogP contribution in [0.25, 0.3) is 0 Å². The van der Waals surface area contributed by atoms with Crippen LogP contribution in [0.4, 0.5) is 4.39 Å². The van der Waals surface area contributed by atoms with Gasteiger partial charge in [0.1, 0.15) is 24.3 Å². The molecule has 1 aromatic rings. The van der Waals surface area contributed by atoms with E-state index >= 15 is 0 Å². The lowest BCUT2D eigenvalue weighted by Gasteiger charge is -2.21. The Morgan fingerprint density at radius 3 is 2.43 bits per heavy atom. The second-order valence-corrected chi connectivity index (χ2v) is 6.59. The Labute approximate surface area is 185 Å². The average molecular weight is 511 g/mol. The molecule has 8 heteroatoms. The minimum absolute atomic E-state index is 0. The number of ether oxygens (including phenoxy) is 2. The Balaban J connectivity index is 0.00000729. The molecule has 0 fully saturated rings. The fraction of sp³-hybridized carbons (Fsp3) is 0.650. The van der Waals surface area contributed by atoms with Gasteiger partial charge in [-0.1, -0.05) is 13.8 Å². The molecular weight excluding hydrogens is 476 g/mol. The predicted molar refractivity (Wildman–Crippen MR) is 122 cm³/mol. The van der Waals surface area contributed by atoms with Crippen LogP contribution in [-0.2, 0) is 4.74 Å². The highest BCUT2D eigenvalue weighted by molar-refractivity contribution is 14.0. The zero-order valence-electron chi connectivity index (χ0n) is 17.3. The van der Waals surface area contributed by atoms with Gasteiger partial charge in [0.25, 0.3) is 0 Å². The first-order chi connectivity index (χ1) is 13.0. The Bertz CT molecular complexity index is 544. The Kier molecular flexibility index (Phi) is 15.1. The molecule has 0 aliphatic heterocycles. The lowest BCUT2D eigenvalue weighted by molar-refractivity contribution is 0.0258. The van der Waals surface area contributed by atoms with Gasteiger partial charge in [-0.2, -0.15) is 0 Å². The van der Waals surface area contributed by atoms with Crippen LogP contribution in [0.3, 0.4) is 0 Å². The van der Waals surface area contributed by atoms with E-state index in [0.29, 0.717) is 24.2 Å². The van der Waals surface area contributed by atoms with Crippen molar-refractivity contribution in [1.29, 1.82) is 0 Å². The van der Waals surface area contributed by atoms with Crippen molar-refractivity contribution in [3.63, 3.8) is 0 Å². The molecule has 0 radical (unpaired) electrons. The van der Waals surface area contributed by atoms with Crippen LogP contribution in [0.1, 0.15) is 34.1 Å². The third-order valence-corrected chi connectivity index (χ3v) is 3.91. The van der Waals surface area contributed by atoms with Crippen LogP contribution >= 0.6 is 24.0 Å². The van der Waals surface area contributed by atoms with Crippen molar-refractivity contribution in [3.05, 3.63) is 30.1 Å². The number of nitrogens with one attached hydrogen (secondary N) is 2. The van der Waals surface area contributed by atoms with Crippen molar-refractivity contribution in [1.82, 2.24) is 10.6 Å². The van der Waals surface area contributed by atoms with Gasteiger partial charge in [-0.25, -0.2) is 4.39 Å². The normalized spacial score (nSPS) is 13.6. The molecule has 0 heterocycles. The molecule has 0 aliphatic rings. The van der Waals surface area contributed by atoms with Crippen molar-refractivity contribution < 1.29 is 19.0 Å². The van der Waals surface area contributed by atoms with Gasteiger partial charge in [0.05, 0.1) is 12.6 Å². The first-order valence-electron chi connectivity index (χ1n) is 9.66. The molecule has 0 saturated heterocycles. The van der Waals surface area contributed by atoms with Crippen LogP contribution in [0.15, 0.2) is 29.3 Å². The minimum atomic E-state index is -0.752. The van der Waals surface area contributed by atoms with Crippen LogP contribution in [0.2, 0.25) is 0 Å². The Morgan fingerprint density at radius 1 is 1.18 bits per heavy atom. The molecule has 0 amide bonds. The third kappa shape index (κ3) is 11.7. The number of rotatable bonds is 12. The number of benzene rings is 1. The van der Waals surface area contributed by atoms with E-state index in [1.807, 2.05) is 13.8 Å². The third-order valence-electron chi connectivity index (χ3n) is 3.91. The number of aliphatic hydroxyl groups excluding tert-OH is 1. The molecule has 0 aromatic heterocycles. The fourth-order valence-corrected chi connectivity index (χ4v) is 2.47. The van der Waals surface area contributed by atoms with E-state index in [4.69, 9.17) is 9.47 Å². The predicted octanol–water partition coefficient (Wildman–Crippen LogP) is 3.19. The molecule has 2 unspecified atom stereocenters. The molecule has 1 rings (SSSR count). The topological polar surface area (TPSA) is 75.1 Å². The van der Waals surface area contributed by atoms with Gasteiger partial charge in [-0.05, 0) is 50.5 Å². The van der Waals surface area contributed by atoms with Crippen molar-refractivity contribution in [2.75, 3.05) is 32.8 Å². The van der Waals surface area contributed by atoms with Crippen LogP contribution in [0, 0.1) is 11.7 Å². The maximum atomic E-state index is 12.9. The molecule has 162 valence electrons. The molecule has 0 aliphatic carbocycles. The number of halogens is 2. The van der Waals surface area contributed by atoms with Gasteiger partial charge in [0.2, 0.25) is 0 Å². The van der Waals surface area contributed by atoms with Gasteiger partial charge in [0.15, 0.2) is 5.96 Å². The molecule has 1 aromatic carbocycles. The van der Waals surface area contributed by atoms with Crippen LogP contribution in [0.5, 0.6) is 5.75 Å². The first kappa shape index (κ1) is 26.9. The molecule has 3 N–H and O–H groups in total. The monoisotopic (exact) mass is 511 g/mol. The Morgan fingerprint density at radius 2 is 1.86 bits per heavy atom. The second kappa shape index (κ2) is 15.8. The van der Waals surface area contributed by atoms with Gasteiger partial charge in [0, 0.05) is 19.7 Å². The van der Waals surface area contributed by atoms with Crippen molar-refractivity contribution >= 4 is 29.9 Å². The van der Waals surface area contributed by atoms with Gasteiger partial charge >= 0.3 is 0 Å². The summed E-state index contributed by atoms with van der Waals surface area (Å²) in [6.45, 7) is 10.8. The average Bonchev–Trinajstić information content (AvgIpc) is 2.64. The molecule has 0 bridgehead atoms. The van der Waals surface area contributed by atoms with E-state index in [2.05, 4.69) is 29.5 Å². The van der Waals surface area contributed by atoms with E-state index in [-0.39, 0.29) is 49.0 Å². The maximum absolute atomic E-state index is 12.9. The quantitative estimate of drug-likeness (QED) is 0.229. The summed E-state index contributed by atoms with van der Waals surface area (Å²) in [5, 5.41) is 16.5. The summed E-state index contributed by atoms with van der Waals surface area (Å²) in [4.78, 5) is 4.39. The minimum Gasteiger partial charge on any atom is -0.491 e. The Hall–Kier alpha value is -1.13. The summed E-state index contributed by atoms with van der Waals surface area (Å²) in [6, 6.07) is 5.69. The highest BCUT2D eigenvalue weighted by Crippen LogP contribution is 2.11. The standard InChI is InChI=1S/C20H34FN3O3.HI/c1-5-22-20(23-12-11-19(15(3)4)26-6-2)24-13-17(25)14-27-18-9-7-16(21)8-10-18;/h7-10,15,17,19,25H,5-6,11-14H2,1-4H3,(H2,22,23,24);1H. The van der Waals surface area contributed by atoms with Gasteiger partial charge in [-0.15, -0.1) is 24.0 Å². The zero-order valence-corrected chi connectivity index (χ0v) is 19.6. The lowest BCUT2D eigenvalue weighted by Crippen LogP contribution is -2.40. The zero-order chi connectivity index (χ0) is 20.1. The fourth-order valence-electron chi connectivity index (χ4n) is 2.47. The maximum Gasteiger partial charge on any atom is 0.191 e. The van der Waals surface area contributed by atoms with Crippen LogP contribution in [-0.4, -0.2) is 56.1 Å². The SMILES string of the molecule is CCNC(=NCC(O)COc1ccc(F)cc1)NCCC(OCC)C(C)C.I. The summed E-state index contributed by atoms with van der Waals surface area (Å²) >= 11 is 0. The van der Waals surface area contributed by atoms with Crippen LogP contribution < -0.4 is 15.4 Å². The number of aliphatic imine (C=N–C) groups is 1.